The maximum absolute atomic E-state index is 12.7. The molecule has 53 heavy (non-hydrogen) atoms. The molecule has 6 unspecified atom stereocenters. The minimum Gasteiger partial charge on any atom is -0.457 e. The highest BCUT2D eigenvalue weighted by Gasteiger charge is 2.44. The number of esters is 1. The fraction of sp³-hybridized carbons (Fsp3) is 0.750. The molecule has 1 fully saturated rings. The Bertz CT molecular complexity index is 989. The number of unbranched alkanes of at least 4 members (excludes halogenated alkanes) is 13. The Morgan fingerprint density at radius 1 is 0.623 bits per heavy atom. The predicted octanol–water partition coefficient (Wildman–Crippen LogP) is 8.74. The summed E-state index contributed by atoms with van der Waals surface area (Å²) in [6.45, 7) is 4.34. The van der Waals surface area contributed by atoms with E-state index >= 15 is 0 Å². The van der Waals surface area contributed by atoms with Crippen molar-refractivity contribution in [2.45, 2.75) is 185 Å². The number of ether oxygens (including phenoxy) is 4. The Hall–Kier alpha value is -2.11. The van der Waals surface area contributed by atoms with Crippen LogP contribution in [0.1, 0.15) is 149 Å². The normalized spacial score (nSPS) is 21.7. The van der Waals surface area contributed by atoms with Crippen molar-refractivity contribution in [2.24, 2.45) is 0 Å². The van der Waals surface area contributed by atoms with E-state index in [0.717, 1.165) is 70.6 Å². The van der Waals surface area contributed by atoms with Crippen molar-refractivity contribution in [3.8, 4) is 0 Å². The van der Waals surface area contributed by atoms with E-state index in [2.05, 4.69) is 74.6 Å². The fourth-order valence-electron chi connectivity index (χ4n) is 5.89. The summed E-state index contributed by atoms with van der Waals surface area (Å²) >= 11 is 0. The van der Waals surface area contributed by atoms with Crippen LogP contribution in [0.25, 0.3) is 0 Å². The molecule has 1 heterocycles. The molecule has 1 rings (SSSR count). The number of aliphatic hydroxyl groups excluding tert-OH is 4. The lowest BCUT2D eigenvalue weighted by Gasteiger charge is -2.39. The van der Waals surface area contributed by atoms with Crippen LogP contribution in [0.4, 0.5) is 0 Å². The maximum Gasteiger partial charge on any atom is 0.306 e. The van der Waals surface area contributed by atoms with Gasteiger partial charge < -0.3 is 39.4 Å². The molecule has 0 bridgehead atoms. The molecular formula is C44H76O9. The van der Waals surface area contributed by atoms with E-state index in [4.69, 9.17) is 18.9 Å². The second-order valence-electron chi connectivity index (χ2n) is 14.0. The van der Waals surface area contributed by atoms with Gasteiger partial charge in [-0.15, -0.1) is 0 Å². The lowest BCUT2D eigenvalue weighted by atomic mass is 9.99. The monoisotopic (exact) mass is 749 g/mol. The molecule has 0 amide bonds. The molecule has 4 N–H and O–H groups in total. The smallest absolute Gasteiger partial charge is 0.306 e. The van der Waals surface area contributed by atoms with Gasteiger partial charge in [-0.2, -0.15) is 0 Å². The molecule has 0 aliphatic carbocycles. The lowest BCUT2D eigenvalue weighted by Crippen LogP contribution is -2.59. The molecule has 9 nitrogen and oxygen atoms in total. The highest BCUT2D eigenvalue weighted by atomic mass is 16.7. The highest BCUT2D eigenvalue weighted by molar-refractivity contribution is 5.69. The van der Waals surface area contributed by atoms with Crippen LogP contribution in [0, 0.1) is 0 Å². The third kappa shape index (κ3) is 27.2. The Kier molecular flexibility index (Phi) is 32.8. The van der Waals surface area contributed by atoms with Gasteiger partial charge >= 0.3 is 5.97 Å². The number of hydrogen-bond acceptors (Lipinski definition) is 9. The SMILES string of the molecule is CC/C=C\C/C=C\C/C=C\CCCCCC(=O)OC(COCCCCCCCC/C=C\C/C=C\CCCCCC)COC1OC(CO)C(O)C(O)C1O. The summed E-state index contributed by atoms with van der Waals surface area (Å²) in [4.78, 5) is 12.7. The van der Waals surface area contributed by atoms with E-state index in [1.807, 2.05) is 0 Å². The summed E-state index contributed by atoms with van der Waals surface area (Å²) in [6.07, 6.45) is 36.7. The fourth-order valence-corrected chi connectivity index (χ4v) is 5.89. The second kappa shape index (κ2) is 35.6. The Morgan fingerprint density at radius 3 is 1.74 bits per heavy atom. The second-order valence-corrected chi connectivity index (χ2v) is 14.0. The Labute approximate surface area is 322 Å². The summed E-state index contributed by atoms with van der Waals surface area (Å²) in [7, 11) is 0. The van der Waals surface area contributed by atoms with E-state index in [1.165, 1.54) is 51.4 Å². The van der Waals surface area contributed by atoms with Crippen LogP contribution < -0.4 is 0 Å². The van der Waals surface area contributed by atoms with Crippen LogP contribution in [-0.4, -0.2) is 89.6 Å². The Morgan fingerprint density at radius 2 is 1.15 bits per heavy atom. The number of carbonyl (C=O) groups is 1. The molecule has 6 atom stereocenters. The van der Waals surface area contributed by atoms with Gasteiger partial charge in [0.2, 0.25) is 0 Å². The average molecular weight is 749 g/mol. The summed E-state index contributed by atoms with van der Waals surface area (Å²) in [5.41, 5.74) is 0. The number of aliphatic hydroxyl groups is 4. The topological polar surface area (TPSA) is 135 Å². The molecule has 0 saturated carbocycles. The van der Waals surface area contributed by atoms with Gasteiger partial charge in [0.05, 0.1) is 19.8 Å². The van der Waals surface area contributed by atoms with Gasteiger partial charge in [0.25, 0.3) is 0 Å². The first-order valence-corrected chi connectivity index (χ1v) is 20.9. The maximum atomic E-state index is 12.7. The van der Waals surface area contributed by atoms with E-state index in [9.17, 15) is 25.2 Å². The summed E-state index contributed by atoms with van der Waals surface area (Å²) in [5.74, 6) is -0.349. The zero-order chi connectivity index (χ0) is 38.6. The third-order valence-electron chi connectivity index (χ3n) is 9.17. The van der Waals surface area contributed by atoms with Gasteiger partial charge in [0.15, 0.2) is 6.29 Å². The van der Waals surface area contributed by atoms with Gasteiger partial charge in [0.1, 0.15) is 30.5 Å². The number of allylic oxidation sites excluding steroid dienone is 10. The van der Waals surface area contributed by atoms with Crippen molar-refractivity contribution >= 4 is 5.97 Å². The van der Waals surface area contributed by atoms with Crippen LogP contribution in [0.3, 0.4) is 0 Å². The molecule has 1 saturated heterocycles. The van der Waals surface area contributed by atoms with Crippen molar-refractivity contribution < 1.29 is 44.2 Å². The first-order valence-electron chi connectivity index (χ1n) is 20.9. The third-order valence-corrected chi connectivity index (χ3v) is 9.17. The number of carbonyl (C=O) groups excluding carboxylic acids is 1. The van der Waals surface area contributed by atoms with Crippen LogP contribution in [0.5, 0.6) is 0 Å². The molecule has 0 radical (unpaired) electrons. The summed E-state index contributed by atoms with van der Waals surface area (Å²) in [5, 5.41) is 40.0. The minimum absolute atomic E-state index is 0.123. The molecule has 306 valence electrons. The predicted molar refractivity (Wildman–Crippen MR) is 214 cm³/mol. The van der Waals surface area contributed by atoms with E-state index < -0.39 is 43.4 Å². The molecule has 1 aliphatic rings. The van der Waals surface area contributed by atoms with Crippen LogP contribution >= 0.6 is 0 Å². The van der Waals surface area contributed by atoms with Crippen molar-refractivity contribution in [3.05, 3.63) is 60.8 Å². The van der Waals surface area contributed by atoms with Gasteiger partial charge in [-0.05, 0) is 77.0 Å². The van der Waals surface area contributed by atoms with E-state index in [1.54, 1.807) is 0 Å². The van der Waals surface area contributed by atoms with Crippen molar-refractivity contribution in [2.75, 3.05) is 26.4 Å². The molecule has 9 heteroatoms. The largest absolute Gasteiger partial charge is 0.457 e. The minimum atomic E-state index is -1.55. The zero-order valence-electron chi connectivity index (χ0n) is 33.2. The molecular weight excluding hydrogens is 672 g/mol. The van der Waals surface area contributed by atoms with Gasteiger partial charge in [0, 0.05) is 13.0 Å². The summed E-state index contributed by atoms with van der Waals surface area (Å²) in [6, 6.07) is 0. The molecule has 0 aromatic rings. The highest BCUT2D eigenvalue weighted by Crippen LogP contribution is 2.22. The van der Waals surface area contributed by atoms with E-state index in [0.29, 0.717) is 13.0 Å². The first kappa shape index (κ1) is 48.9. The molecule has 1 aliphatic heterocycles. The number of hydrogen-bond donors (Lipinski definition) is 4. The van der Waals surface area contributed by atoms with E-state index in [-0.39, 0.29) is 25.6 Å². The lowest BCUT2D eigenvalue weighted by molar-refractivity contribution is -0.305. The molecule has 0 aromatic carbocycles. The van der Waals surface area contributed by atoms with Crippen LogP contribution in [0.15, 0.2) is 60.8 Å². The quantitative estimate of drug-likeness (QED) is 0.0290. The van der Waals surface area contributed by atoms with Gasteiger partial charge in [-0.1, -0.05) is 126 Å². The van der Waals surface area contributed by atoms with Gasteiger partial charge in [-0.25, -0.2) is 0 Å². The van der Waals surface area contributed by atoms with Crippen molar-refractivity contribution in [1.82, 2.24) is 0 Å². The first-order chi connectivity index (χ1) is 25.9. The van der Waals surface area contributed by atoms with Crippen LogP contribution in [-0.2, 0) is 23.7 Å². The molecule has 0 spiro atoms. The zero-order valence-corrected chi connectivity index (χ0v) is 33.2. The Balaban J connectivity index is 2.33. The standard InChI is InChI=1S/C44H76O9/c1-3-5-7-9-11-13-15-17-18-19-20-22-24-26-28-30-32-34-50-36-38(37-51-44-43(49)42(48)41(47)39(35-45)53-44)52-40(46)33-31-29-27-25-23-21-16-14-12-10-8-6-4-2/h6,8,12-15,18-19,21,23,38-39,41-45,47-49H,3-5,7,9-11,16-17,20,22,24-37H2,1-2H3/b8-6-,14-12-,15-13-,19-18-,23-21-. The van der Waals surface area contributed by atoms with Gasteiger partial charge in [-0.3, -0.25) is 4.79 Å². The average Bonchev–Trinajstić information content (AvgIpc) is 3.16. The van der Waals surface area contributed by atoms with Crippen molar-refractivity contribution in [3.63, 3.8) is 0 Å². The van der Waals surface area contributed by atoms with Crippen molar-refractivity contribution in [1.29, 1.82) is 0 Å². The molecule has 0 aromatic heterocycles. The van der Waals surface area contributed by atoms with Crippen LogP contribution in [0.2, 0.25) is 0 Å². The number of rotatable bonds is 34. The summed E-state index contributed by atoms with van der Waals surface area (Å²) < 4.78 is 22.7.